The van der Waals surface area contributed by atoms with Gasteiger partial charge < -0.3 is 5.32 Å². The summed E-state index contributed by atoms with van der Waals surface area (Å²) < 4.78 is 12.6. The number of nitrogens with one attached hydrogen (secondary N) is 1. The number of rotatable bonds is 2. The molecule has 0 aromatic heterocycles. The molecule has 0 aliphatic rings. The van der Waals surface area contributed by atoms with Crippen molar-refractivity contribution >= 4 is 11.4 Å². The van der Waals surface area contributed by atoms with Crippen LogP contribution in [0.2, 0.25) is 0 Å². The number of nitro benzene ring substituents is 1. The van der Waals surface area contributed by atoms with Crippen LogP contribution in [-0.2, 0) is 0 Å². The first-order valence-electron chi connectivity index (χ1n) is 3.26. The molecule has 0 spiro atoms. The summed E-state index contributed by atoms with van der Waals surface area (Å²) in [6, 6.07) is 3.33. The van der Waals surface area contributed by atoms with E-state index in [1.807, 2.05) is 0 Å². The van der Waals surface area contributed by atoms with Crippen LogP contribution in [0.4, 0.5) is 15.8 Å². The molecule has 4 nitrogen and oxygen atoms in total. The Kier molecular flexibility index (Phi) is 2.23. The van der Waals surface area contributed by atoms with Gasteiger partial charge in [0.15, 0.2) is 0 Å². The second-order valence-electron chi connectivity index (χ2n) is 2.21. The molecule has 0 unspecified atom stereocenters. The predicted molar refractivity (Wildman–Crippen MR) is 42.6 cm³/mol. The third kappa shape index (κ3) is 1.69. The van der Waals surface area contributed by atoms with Crippen molar-refractivity contribution in [3.8, 4) is 0 Å². The van der Waals surface area contributed by atoms with Crippen molar-refractivity contribution in [3.63, 3.8) is 0 Å². The molecule has 1 aromatic rings. The van der Waals surface area contributed by atoms with Gasteiger partial charge in [0.2, 0.25) is 0 Å². The molecule has 1 aromatic carbocycles. The van der Waals surface area contributed by atoms with Gasteiger partial charge in [0.1, 0.15) is 5.82 Å². The van der Waals surface area contributed by atoms with E-state index in [0.29, 0.717) is 5.69 Å². The number of hydrogen-bond acceptors (Lipinski definition) is 3. The molecule has 0 aliphatic carbocycles. The highest BCUT2D eigenvalue weighted by Crippen LogP contribution is 2.19. The second-order valence-corrected chi connectivity index (χ2v) is 2.21. The average Bonchev–Trinajstić information content (AvgIpc) is 2.03. The lowest BCUT2D eigenvalue weighted by Crippen LogP contribution is -1.93. The van der Waals surface area contributed by atoms with Crippen molar-refractivity contribution < 1.29 is 9.31 Å². The van der Waals surface area contributed by atoms with Crippen molar-refractivity contribution in [1.29, 1.82) is 0 Å². The molecule has 0 fully saturated rings. The maximum Gasteiger partial charge on any atom is 0.274 e. The van der Waals surface area contributed by atoms with Crippen LogP contribution in [-0.4, -0.2) is 12.0 Å². The van der Waals surface area contributed by atoms with Gasteiger partial charge in [0.05, 0.1) is 11.0 Å². The molecule has 1 rings (SSSR count). The van der Waals surface area contributed by atoms with Gasteiger partial charge >= 0.3 is 0 Å². The monoisotopic (exact) mass is 170 g/mol. The van der Waals surface area contributed by atoms with Crippen molar-refractivity contribution in [2.75, 3.05) is 12.4 Å². The molecule has 0 aliphatic heterocycles. The molecular weight excluding hydrogens is 163 g/mol. The van der Waals surface area contributed by atoms with Gasteiger partial charge in [0.25, 0.3) is 5.69 Å². The van der Waals surface area contributed by atoms with Crippen molar-refractivity contribution in [2.45, 2.75) is 0 Å². The highest BCUT2D eigenvalue weighted by Gasteiger charge is 2.08. The van der Waals surface area contributed by atoms with Crippen LogP contribution in [0.15, 0.2) is 18.2 Å². The molecule has 0 amide bonds. The third-order valence-corrected chi connectivity index (χ3v) is 1.38. The first-order valence-corrected chi connectivity index (χ1v) is 3.26. The quantitative estimate of drug-likeness (QED) is 0.543. The number of nitrogens with zero attached hydrogens (tertiary/aromatic N) is 1. The Labute approximate surface area is 68.2 Å². The van der Waals surface area contributed by atoms with E-state index < -0.39 is 10.7 Å². The normalized spacial score (nSPS) is 9.50. The maximum atomic E-state index is 12.6. The van der Waals surface area contributed by atoms with Gasteiger partial charge in [0, 0.05) is 18.8 Å². The summed E-state index contributed by atoms with van der Waals surface area (Å²) in [5.74, 6) is -0.617. The van der Waals surface area contributed by atoms with Gasteiger partial charge in [-0.05, 0) is 6.07 Å². The largest absolute Gasteiger partial charge is 0.388 e. The Morgan fingerprint density at radius 3 is 2.67 bits per heavy atom. The molecule has 64 valence electrons. The predicted octanol–water partition coefficient (Wildman–Crippen LogP) is 1.78. The number of nitro groups is 1. The lowest BCUT2D eigenvalue weighted by molar-refractivity contribution is -0.385. The smallest absolute Gasteiger partial charge is 0.274 e. The van der Waals surface area contributed by atoms with Crippen LogP contribution in [0.5, 0.6) is 0 Å². The van der Waals surface area contributed by atoms with E-state index in [-0.39, 0.29) is 5.69 Å². The molecule has 12 heavy (non-hydrogen) atoms. The molecule has 1 N–H and O–H groups in total. The number of halogens is 1. The Morgan fingerprint density at radius 2 is 2.17 bits per heavy atom. The molecule has 0 bridgehead atoms. The van der Waals surface area contributed by atoms with E-state index in [9.17, 15) is 14.5 Å². The third-order valence-electron chi connectivity index (χ3n) is 1.38. The van der Waals surface area contributed by atoms with Crippen LogP contribution in [0.1, 0.15) is 0 Å². The van der Waals surface area contributed by atoms with E-state index in [1.54, 1.807) is 7.05 Å². The SMILES string of the molecule is CNc1cc(F)cc([N+](=O)[O-])c1. The average molecular weight is 170 g/mol. The number of benzene rings is 1. The molecule has 0 radical (unpaired) electrons. The molecule has 0 saturated carbocycles. The van der Waals surface area contributed by atoms with E-state index in [0.717, 1.165) is 6.07 Å². The van der Waals surface area contributed by atoms with Gasteiger partial charge in [-0.2, -0.15) is 0 Å². The standard InChI is InChI=1S/C7H7FN2O2/c1-9-6-2-5(8)3-7(4-6)10(11)12/h2-4,9H,1H3. The fraction of sp³-hybridized carbons (Fsp3) is 0.143. The minimum absolute atomic E-state index is 0.251. The second kappa shape index (κ2) is 3.17. The minimum atomic E-state index is -0.635. The Balaban J connectivity index is 3.15. The first-order chi connectivity index (χ1) is 5.63. The van der Waals surface area contributed by atoms with Gasteiger partial charge in [-0.1, -0.05) is 0 Å². The maximum absolute atomic E-state index is 12.6. The van der Waals surface area contributed by atoms with Gasteiger partial charge in [-0.15, -0.1) is 0 Å². The zero-order valence-corrected chi connectivity index (χ0v) is 6.37. The zero-order valence-electron chi connectivity index (χ0n) is 6.37. The van der Waals surface area contributed by atoms with Crippen molar-refractivity contribution in [3.05, 3.63) is 34.1 Å². The van der Waals surface area contributed by atoms with E-state index >= 15 is 0 Å². The fourth-order valence-corrected chi connectivity index (χ4v) is 0.824. The number of anilines is 1. The molecular formula is C7H7FN2O2. The highest BCUT2D eigenvalue weighted by molar-refractivity contribution is 5.50. The van der Waals surface area contributed by atoms with Crippen LogP contribution in [0.3, 0.4) is 0 Å². The summed E-state index contributed by atoms with van der Waals surface area (Å²) in [6.07, 6.45) is 0. The van der Waals surface area contributed by atoms with Crippen molar-refractivity contribution in [2.24, 2.45) is 0 Å². The Morgan fingerprint density at radius 1 is 1.50 bits per heavy atom. The summed E-state index contributed by atoms with van der Waals surface area (Å²) in [5, 5.41) is 12.9. The van der Waals surface area contributed by atoms with Crippen molar-refractivity contribution in [1.82, 2.24) is 0 Å². The van der Waals surface area contributed by atoms with Crippen LogP contribution < -0.4 is 5.32 Å². The van der Waals surface area contributed by atoms with E-state index in [4.69, 9.17) is 0 Å². The topological polar surface area (TPSA) is 55.2 Å². The van der Waals surface area contributed by atoms with E-state index in [2.05, 4.69) is 5.32 Å². The summed E-state index contributed by atoms with van der Waals surface area (Å²) in [7, 11) is 1.57. The summed E-state index contributed by atoms with van der Waals surface area (Å²) in [6.45, 7) is 0. The summed E-state index contributed by atoms with van der Waals surface area (Å²) >= 11 is 0. The van der Waals surface area contributed by atoms with E-state index in [1.165, 1.54) is 12.1 Å². The number of non-ortho nitro benzene ring substituents is 1. The lowest BCUT2D eigenvalue weighted by atomic mass is 10.3. The molecule has 0 heterocycles. The van der Waals surface area contributed by atoms with Crippen LogP contribution in [0.25, 0.3) is 0 Å². The molecule has 0 atom stereocenters. The number of hydrogen-bond donors (Lipinski definition) is 1. The van der Waals surface area contributed by atoms with Gasteiger partial charge in [-0.3, -0.25) is 10.1 Å². The fourth-order valence-electron chi connectivity index (χ4n) is 0.824. The molecule has 0 saturated heterocycles. The molecule has 5 heteroatoms. The van der Waals surface area contributed by atoms with Gasteiger partial charge in [-0.25, -0.2) is 4.39 Å². The van der Waals surface area contributed by atoms with Crippen LogP contribution >= 0.6 is 0 Å². The summed E-state index contributed by atoms with van der Waals surface area (Å²) in [4.78, 5) is 9.60. The highest BCUT2D eigenvalue weighted by atomic mass is 19.1. The lowest BCUT2D eigenvalue weighted by Gasteiger charge is -1.98. The first kappa shape index (κ1) is 8.45. The zero-order chi connectivity index (χ0) is 9.14. The summed E-state index contributed by atoms with van der Waals surface area (Å²) in [5.41, 5.74) is 0.140. The Hall–Kier alpha value is -1.65. The van der Waals surface area contributed by atoms with Crippen LogP contribution in [0, 0.1) is 15.9 Å². The minimum Gasteiger partial charge on any atom is -0.388 e. The Bertz CT molecular complexity index is 314.